The van der Waals surface area contributed by atoms with Crippen LogP contribution in [0.15, 0.2) is 6.33 Å². The van der Waals surface area contributed by atoms with E-state index in [0.29, 0.717) is 13.0 Å². The molecule has 1 aromatic rings. The van der Waals surface area contributed by atoms with E-state index in [-0.39, 0.29) is 5.91 Å². The Bertz CT molecular complexity index is 382. The molecule has 1 N–H and O–H groups in total. The number of carbonyl (C=O) groups excluding carboxylic acids is 1. The topological polar surface area (TPSA) is 59.8 Å². The number of carbonyl (C=O) groups is 1. The number of aryl methyl sites for hydroxylation is 1. The zero-order valence-electron chi connectivity index (χ0n) is 11.1. The highest BCUT2D eigenvalue weighted by Gasteiger charge is 2.16. The van der Waals surface area contributed by atoms with E-state index in [4.69, 9.17) is 0 Å². The van der Waals surface area contributed by atoms with Gasteiger partial charge in [-0.05, 0) is 19.3 Å². The highest BCUT2D eigenvalue weighted by Crippen LogP contribution is 2.28. The van der Waals surface area contributed by atoms with Crippen LogP contribution in [0, 0.1) is 5.92 Å². The minimum atomic E-state index is 0.132. The average molecular weight is 250 g/mol. The third kappa shape index (κ3) is 3.55. The Hall–Kier alpha value is -1.39. The number of hydrogen-bond donors (Lipinski definition) is 1. The van der Waals surface area contributed by atoms with Crippen molar-refractivity contribution in [2.75, 3.05) is 0 Å². The number of rotatable bonds is 6. The van der Waals surface area contributed by atoms with E-state index < -0.39 is 0 Å². The molecule has 5 heteroatoms. The van der Waals surface area contributed by atoms with Crippen LogP contribution in [0.3, 0.4) is 0 Å². The Morgan fingerprint density at radius 1 is 1.50 bits per heavy atom. The minimum absolute atomic E-state index is 0.132. The maximum absolute atomic E-state index is 11.7. The number of aromatic nitrogens is 3. The third-order valence-electron chi connectivity index (χ3n) is 3.73. The lowest BCUT2D eigenvalue weighted by Crippen LogP contribution is -2.24. The molecule has 0 radical (unpaired) electrons. The van der Waals surface area contributed by atoms with Crippen molar-refractivity contribution in [3.05, 3.63) is 12.2 Å². The fourth-order valence-corrected chi connectivity index (χ4v) is 2.58. The van der Waals surface area contributed by atoms with Gasteiger partial charge in [0.2, 0.25) is 5.91 Å². The second-order valence-corrected chi connectivity index (χ2v) is 5.00. The molecule has 100 valence electrons. The zero-order valence-corrected chi connectivity index (χ0v) is 11.1. The zero-order chi connectivity index (χ0) is 12.8. The molecule has 1 saturated carbocycles. The van der Waals surface area contributed by atoms with Crippen molar-refractivity contribution in [2.45, 2.75) is 58.5 Å². The van der Waals surface area contributed by atoms with E-state index in [9.17, 15) is 4.79 Å². The number of nitrogens with zero attached hydrogens (tertiary/aromatic N) is 3. The van der Waals surface area contributed by atoms with Crippen LogP contribution in [0.25, 0.3) is 0 Å². The fourth-order valence-electron chi connectivity index (χ4n) is 2.58. The molecule has 1 aliphatic carbocycles. The molecular formula is C13H22N4O. The van der Waals surface area contributed by atoms with Gasteiger partial charge in [0.05, 0.1) is 6.54 Å². The van der Waals surface area contributed by atoms with Gasteiger partial charge in [0.25, 0.3) is 0 Å². The van der Waals surface area contributed by atoms with Gasteiger partial charge in [0.15, 0.2) is 5.82 Å². The van der Waals surface area contributed by atoms with Crippen molar-refractivity contribution < 1.29 is 4.79 Å². The summed E-state index contributed by atoms with van der Waals surface area (Å²) < 4.78 is 1.94. The Morgan fingerprint density at radius 2 is 2.28 bits per heavy atom. The van der Waals surface area contributed by atoms with Crippen LogP contribution in [0.5, 0.6) is 0 Å². The largest absolute Gasteiger partial charge is 0.349 e. The molecule has 1 fully saturated rings. The Kier molecular flexibility index (Phi) is 4.73. The van der Waals surface area contributed by atoms with Crippen molar-refractivity contribution in [1.29, 1.82) is 0 Å². The molecule has 0 spiro atoms. The van der Waals surface area contributed by atoms with E-state index >= 15 is 0 Å². The molecule has 0 aromatic carbocycles. The molecule has 0 unspecified atom stereocenters. The average Bonchev–Trinajstić information content (AvgIpc) is 3.04. The molecule has 2 rings (SSSR count). The Balaban J connectivity index is 1.68. The van der Waals surface area contributed by atoms with Crippen LogP contribution >= 0.6 is 0 Å². The van der Waals surface area contributed by atoms with Crippen LogP contribution in [0.2, 0.25) is 0 Å². The summed E-state index contributed by atoms with van der Waals surface area (Å²) in [7, 11) is 0. The molecule has 0 bridgehead atoms. The first-order chi connectivity index (χ1) is 8.79. The quantitative estimate of drug-likeness (QED) is 0.838. The van der Waals surface area contributed by atoms with E-state index in [1.807, 2.05) is 11.5 Å². The lowest BCUT2D eigenvalue weighted by molar-refractivity contribution is -0.121. The number of nitrogens with one attached hydrogen (secondary N) is 1. The van der Waals surface area contributed by atoms with Gasteiger partial charge < -0.3 is 9.88 Å². The maximum Gasteiger partial charge on any atom is 0.220 e. The van der Waals surface area contributed by atoms with Crippen LogP contribution < -0.4 is 5.32 Å². The van der Waals surface area contributed by atoms with Gasteiger partial charge in [-0.25, -0.2) is 0 Å². The highest BCUT2D eigenvalue weighted by atomic mass is 16.1. The van der Waals surface area contributed by atoms with Crippen LogP contribution in [-0.2, 0) is 17.9 Å². The van der Waals surface area contributed by atoms with Crippen molar-refractivity contribution >= 4 is 5.91 Å². The molecule has 1 heterocycles. The lowest BCUT2D eigenvalue weighted by atomic mass is 10.0. The van der Waals surface area contributed by atoms with Crippen LogP contribution in [-0.4, -0.2) is 20.7 Å². The normalized spacial score (nSPS) is 16.1. The molecule has 0 aliphatic heterocycles. The molecule has 18 heavy (non-hydrogen) atoms. The van der Waals surface area contributed by atoms with Gasteiger partial charge in [-0.2, -0.15) is 0 Å². The van der Waals surface area contributed by atoms with E-state index in [1.54, 1.807) is 6.33 Å². The second kappa shape index (κ2) is 6.52. The summed E-state index contributed by atoms with van der Waals surface area (Å²) in [6.45, 7) is 3.35. The summed E-state index contributed by atoms with van der Waals surface area (Å²) in [6.07, 6.45) is 8.66. The van der Waals surface area contributed by atoms with Crippen LogP contribution in [0.4, 0.5) is 0 Å². The van der Waals surface area contributed by atoms with Gasteiger partial charge in [0, 0.05) is 13.0 Å². The van der Waals surface area contributed by atoms with Gasteiger partial charge in [0.1, 0.15) is 6.33 Å². The van der Waals surface area contributed by atoms with Crippen molar-refractivity contribution in [3.8, 4) is 0 Å². The first kappa shape index (κ1) is 13.1. The Labute approximate surface area is 108 Å². The third-order valence-corrected chi connectivity index (χ3v) is 3.73. The molecule has 0 saturated heterocycles. The number of hydrogen-bond acceptors (Lipinski definition) is 3. The second-order valence-electron chi connectivity index (χ2n) is 5.00. The number of amides is 1. The Morgan fingerprint density at radius 3 is 3.00 bits per heavy atom. The van der Waals surface area contributed by atoms with E-state index in [2.05, 4.69) is 15.5 Å². The van der Waals surface area contributed by atoms with Gasteiger partial charge in [-0.1, -0.05) is 25.7 Å². The van der Waals surface area contributed by atoms with Crippen molar-refractivity contribution in [3.63, 3.8) is 0 Å². The first-order valence-corrected chi connectivity index (χ1v) is 6.93. The van der Waals surface area contributed by atoms with Gasteiger partial charge in [-0.15, -0.1) is 10.2 Å². The smallest absolute Gasteiger partial charge is 0.220 e. The molecule has 1 aromatic heterocycles. The lowest BCUT2D eigenvalue weighted by Gasteiger charge is -2.09. The van der Waals surface area contributed by atoms with Crippen molar-refractivity contribution in [1.82, 2.24) is 20.1 Å². The summed E-state index contributed by atoms with van der Waals surface area (Å²) in [4.78, 5) is 11.7. The van der Waals surface area contributed by atoms with E-state index in [0.717, 1.165) is 24.7 Å². The predicted octanol–water partition coefficient (Wildman–Crippen LogP) is 1.88. The SMILES string of the molecule is CCn1cnnc1CNC(=O)CCC1CCCC1. The summed E-state index contributed by atoms with van der Waals surface area (Å²) in [5, 5.41) is 10.8. The maximum atomic E-state index is 11.7. The van der Waals surface area contributed by atoms with Gasteiger partial charge >= 0.3 is 0 Å². The predicted molar refractivity (Wildman–Crippen MR) is 68.7 cm³/mol. The monoisotopic (exact) mass is 250 g/mol. The molecule has 1 amide bonds. The summed E-state index contributed by atoms with van der Waals surface area (Å²) in [5.41, 5.74) is 0. The van der Waals surface area contributed by atoms with Crippen molar-refractivity contribution in [2.24, 2.45) is 5.92 Å². The molecule has 1 aliphatic rings. The summed E-state index contributed by atoms with van der Waals surface area (Å²) in [6, 6.07) is 0. The van der Waals surface area contributed by atoms with E-state index in [1.165, 1.54) is 25.7 Å². The fraction of sp³-hybridized carbons (Fsp3) is 0.769. The van der Waals surface area contributed by atoms with Crippen LogP contribution in [0.1, 0.15) is 51.3 Å². The standard InChI is InChI=1S/C13H22N4O/c1-2-17-10-15-16-12(17)9-14-13(18)8-7-11-5-3-4-6-11/h10-11H,2-9H2,1H3,(H,14,18). The summed E-state index contributed by atoms with van der Waals surface area (Å²) in [5.74, 6) is 1.73. The molecular weight excluding hydrogens is 228 g/mol. The molecule has 5 nitrogen and oxygen atoms in total. The molecule has 0 atom stereocenters. The highest BCUT2D eigenvalue weighted by molar-refractivity contribution is 5.75. The van der Waals surface area contributed by atoms with Gasteiger partial charge in [-0.3, -0.25) is 4.79 Å². The minimum Gasteiger partial charge on any atom is -0.349 e. The first-order valence-electron chi connectivity index (χ1n) is 6.93. The summed E-state index contributed by atoms with van der Waals surface area (Å²) >= 11 is 0.